The van der Waals surface area contributed by atoms with Crippen LogP contribution >= 0.6 is 0 Å². The standard InChI is InChI=1S/C25H32N2O4/c1-19(2)18-31-25(29)27-15-12-21(13-16-27)24(28)26-14-17-30-23-11-7-6-10-22(23)20-8-4-3-5-9-20/h3-11,19,21H,12-18H2,1-2H3,(H,26,28). The average Bonchev–Trinajstić information content (AvgIpc) is 2.81. The Hall–Kier alpha value is -3.02. The summed E-state index contributed by atoms with van der Waals surface area (Å²) in [5.41, 5.74) is 2.13. The summed E-state index contributed by atoms with van der Waals surface area (Å²) in [5.74, 6) is 1.06. The summed E-state index contributed by atoms with van der Waals surface area (Å²) in [6.07, 6.45) is 1.03. The number of likely N-dealkylation sites (tertiary alicyclic amines) is 1. The molecule has 1 saturated heterocycles. The van der Waals surface area contributed by atoms with E-state index in [4.69, 9.17) is 9.47 Å². The number of hydrogen-bond donors (Lipinski definition) is 1. The molecule has 6 heteroatoms. The number of piperidine rings is 1. The zero-order valence-corrected chi connectivity index (χ0v) is 18.4. The highest BCUT2D eigenvalue weighted by Crippen LogP contribution is 2.29. The maximum Gasteiger partial charge on any atom is 0.409 e. The quantitative estimate of drug-likeness (QED) is 0.640. The van der Waals surface area contributed by atoms with Gasteiger partial charge >= 0.3 is 6.09 Å². The van der Waals surface area contributed by atoms with E-state index in [2.05, 4.69) is 17.4 Å². The molecule has 2 aromatic rings. The molecule has 0 spiro atoms. The van der Waals surface area contributed by atoms with Gasteiger partial charge in [-0.1, -0.05) is 62.4 Å². The van der Waals surface area contributed by atoms with Crippen LogP contribution in [0.25, 0.3) is 11.1 Å². The third-order valence-corrected chi connectivity index (χ3v) is 5.29. The second-order valence-corrected chi connectivity index (χ2v) is 8.23. The van der Waals surface area contributed by atoms with Gasteiger partial charge in [-0.05, 0) is 30.4 Å². The van der Waals surface area contributed by atoms with Crippen molar-refractivity contribution in [2.45, 2.75) is 26.7 Å². The van der Waals surface area contributed by atoms with Crippen molar-refractivity contribution in [2.24, 2.45) is 11.8 Å². The molecule has 1 aliphatic rings. The van der Waals surface area contributed by atoms with Crippen LogP contribution in [0.5, 0.6) is 5.75 Å². The van der Waals surface area contributed by atoms with Gasteiger partial charge in [-0.15, -0.1) is 0 Å². The highest BCUT2D eigenvalue weighted by Gasteiger charge is 2.27. The van der Waals surface area contributed by atoms with Crippen molar-refractivity contribution in [1.29, 1.82) is 0 Å². The lowest BCUT2D eigenvalue weighted by atomic mass is 9.96. The van der Waals surface area contributed by atoms with Gasteiger partial charge < -0.3 is 19.7 Å². The van der Waals surface area contributed by atoms with Crippen LogP contribution in [0, 0.1) is 11.8 Å². The predicted molar refractivity (Wildman–Crippen MR) is 121 cm³/mol. The second-order valence-electron chi connectivity index (χ2n) is 8.23. The Kier molecular flexibility index (Phi) is 8.33. The molecule has 1 fully saturated rings. The fraction of sp³-hybridized carbons (Fsp3) is 0.440. The van der Waals surface area contributed by atoms with Gasteiger partial charge in [-0.3, -0.25) is 4.79 Å². The topological polar surface area (TPSA) is 67.9 Å². The maximum atomic E-state index is 12.5. The zero-order chi connectivity index (χ0) is 22.1. The van der Waals surface area contributed by atoms with Crippen LogP contribution in [0.4, 0.5) is 4.79 Å². The largest absolute Gasteiger partial charge is 0.491 e. The lowest BCUT2D eigenvalue weighted by Gasteiger charge is -2.30. The number of amides is 2. The van der Waals surface area contributed by atoms with E-state index in [1.807, 2.05) is 56.3 Å². The molecule has 1 aliphatic heterocycles. The van der Waals surface area contributed by atoms with Crippen LogP contribution in [0.2, 0.25) is 0 Å². The van der Waals surface area contributed by atoms with E-state index in [0.717, 1.165) is 16.9 Å². The molecule has 166 valence electrons. The van der Waals surface area contributed by atoms with E-state index >= 15 is 0 Å². The molecule has 2 aromatic carbocycles. The summed E-state index contributed by atoms with van der Waals surface area (Å²) in [6, 6.07) is 18.0. The minimum Gasteiger partial charge on any atom is -0.491 e. The van der Waals surface area contributed by atoms with E-state index in [1.165, 1.54) is 0 Å². The van der Waals surface area contributed by atoms with E-state index < -0.39 is 0 Å². The highest BCUT2D eigenvalue weighted by atomic mass is 16.6. The van der Waals surface area contributed by atoms with E-state index in [0.29, 0.717) is 51.6 Å². The molecule has 2 amide bonds. The Morgan fingerprint density at radius 1 is 1.03 bits per heavy atom. The first-order valence-corrected chi connectivity index (χ1v) is 11.0. The van der Waals surface area contributed by atoms with Gasteiger partial charge in [0.1, 0.15) is 12.4 Å². The van der Waals surface area contributed by atoms with Crippen LogP contribution < -0.4 is 10.1 Å². The molecule has 1 N–H and O–H groups in total. The third-order valence-electron chi connectivity index (χ3n) is 5.29. The summed E-state index contributed by atoms with van der Waals surface area (Å²) < 4.78 is 11.2. The first kappa shape index (κ1) is 22.7. The number of rotatable bonds is 8. The number of carbonyl (C=O) groups excluding carboxylic acids is 2. The van der Waals surface area contributed by atoms with Crippen LogP contribution in [0.15, 0.2) is 54.6 Å². The molecule has 0 atom stereocenters. The lowest BCUT2D eigenvalue weighted by Crippen LogP contribution is -2.44. The summed E-state index contributed by atoms with van der Waals surface area (Å²) in [5, 5.41) is 2.97. The Morgan fingerprint density at radius 2 is 1.71 bits per heavy atom. The normalized spacial score (nSPS) is 14.4. The molecule has 0 radical (unpaired) electrons. The van der Waals surface area contributed by atoms with Crippen molar-refractivity contribution in [3.63, 3.8) is 0 Å². The number of nitrogens with zero attached hydrogens (tertiary/aromatic N) is 1. The molecule has 0 unspecified atom stereocenters. The predicted octanol–water partition coefficient (Wildman–Crippen LogP) is 4.35. The first-order valence-electron chi connectivity index (χ1n) is 11.0. The molecule has 1 heterocycles. The summed E-state index contributed by atoms with van der Waals surface area (Å²) >= 11 is 0. The van der Waals surface area contributed by atoms with Gasteiger partial charge in [0.2, 0.25) is 5.91 Å². The van der Waals surface area contributed by atoms with Gasteiger partial charge in [-0.25, -0.2) is 4.79 Å². The molecule has 0 bridgehead atoms. The Bertz CT molecular complexity index is 846. The number of ether oxygens (including phenoxy) is 2. The molecule has 0 saturated carbocycles. The van der Waals surface area contributed by atoms with Crippen LogP contribution in [0.3, 0.4) is 0 Å². The van der Waals surface area contributed by atoms with Crippen LogP contribution in [-0.4, -0.2) is 49.7 Å². The van der Waals surface area contributed by atoms with E-state index in [1.54, 1.807) is 4.90 Å². The lowest BCUT2D eigenvalue weighted by molar-refractivity contribution is -0.126. The van der Waals surface area contributed by atoms with Gasteiger partial charge in [0.15, 0.2) is 0 Å². The van der Waals surface area contributed by atoms with Gasteiger partial charge in [0.05, 0.1) is 13.2 Å². The Balaban J connectivity index is 1.40. The van der Waals surface area contributed by atoms with Crippen LogP contribution in [-0.2, 0) is 9.53 Å². The number of benzene rings is 2. The Labute approximate surface area is 184 Å². The van der Waals surface area contributed by atoms with Crippen LogP contribution in [0.1, 0.15) is 26.7 Å². The minimum absolute atomic E-state index is 0.0233. The molecular weight excluding hydrogens is 392 g/mol. The van der Waals surface area contributed by atoms with Crippen molar-refractivity contribution >= 4 is 12.0 Å². The molecular formula is C25H32N2O4. The van der Waals surface area contributed by atoms with Crippen molar-refractivity contribution in [3.8, 4) is 16.9 Å². The number of hydrogen-bond acceptors (Lipinski definition) is 4. The van der Waals surface area contributed by atoms with Crippen molar-refractivity contribution in [2.75, 3.05) is 32.8 Å². The summed E-state index contributed by atoms with van der Waals surface area (Å²) in [4.78, 5) is 26.2. The van der Waals surface area contributed by atoms with Gasteiger partial charge in [-0.2, -0.15) is 0 Å². The molecule has 0 aliphatic carbocycles. The number of para-hydroxylation sites is 1. The van der Waals surface area contributed by atoms with Crippen molar-refractivity contribution < 1.29 is 19.1 Å². The maximum absolute atomic E-state index is 12.5. The molecule has 3 rings (SSSR count). The van der Waals surface area contributed by atoms with Gasteiger partial charge in [0.25, 0.3) is 0 Å². The minimum atomic E-state index is -0.280. The monoisotopic (exact) mass is 424 g/mol. The van der Waals surface area contributed by atoms with Crippen molar-refractivity contribution in [3.05, 3.63) is 54.6 Å². The summed E-state index contributed by atoms with van der Waals surface area (Å²) in [6.45, 7) is 6.38. The van der Waals surface area contributed by atoms with E-state index in [-0.39, 0.29) is 17.9 Å². The zero-order valence-electron chi connectivity index (χ0n) is 18.4. The highest BCUT2D eigenvalue weighted by molar-refractivity contribution is 5.79. The molecule has 6 nitrogen and oxygen atoms in total. The van der Waals surface area contributed by atoms with Gasteiger partial charge in [0, 0.05) is 24.6 Å². The second kappa shape index (κ2) is 11.4. The first-order chi connectivity index (χ1) is 15.0. The number of carbonyl (C=O) groups is 2. The SMILES string of the molecule is CC(C)COC(=O)N1CCC(C(=O)NCCOc2ccccc2-c2ccccc2)CC1. The fourth-order valence-corrected chi connectivity index (χ4v) is 3.58. The number of nitrogens with one attached hydrogen (secondary N) is 1. The average molecular weight is 425 g/mol. The third kappa shape index (κ3) is 6.74. The smallest absolute Gasteiger partial charge is 0.409 e. The fourth-order valence-electron chi connectivity index (χ4n) is 3.58. The molecule has 0 aromatic heterocycles. The molecule has 31 heavy (non-hydrogen) atoms. The van der Waals surface area contributed by atoms with Crippen molar-refractivity contribution in [1.82, 2.24) is 10.2 Å². The van der Waals surface area contributed by atoms with E-state index in [9.17, 15) is 9.59 Å². The summed E-state index contributed by atoms with van der Waals surface area (Å²) in [7, 11) is 0. The Morgan fingerprint density at radius 3 is 2.42 bits per heavy atom.